The van der Waals surface area contributed by atoms with E-state index < -0.39 is 38.7 Å². The number of rotatable bonds is 21. The summed E-state index contributed by atoms with van der Waals surface area (Å²) in [7, 11) is -2.75. The number of esters is 1. The molecule has 1 aliphatic heterocycles. The Morgan fingerprint density at radius 3 is 1.87 bits per heavy atom. The molecule has 61 heavy (non-hydrogen) atoms. The van der Waals surface area contributed by atoms with Gasteiger partial charge in [-0.25, -0.2) is 14.4 Å². The molecule has 0 aliphatic carbocycles. The number of amides is 2. The fourth-order valence-corrected chi connectivity index (χ4v) is 6.94. The minimum Gasteiger partial charge on any atom is -0.459 e. The number of hydrogen-bond acceptors (Lipinski definition) is 12. The summed E-state index contributed by atoms with van der Waals surface area (Å²) in [6.45, 7) is 0.735. The van der Waals surface area contributed by atoms with Gasteiger partial charge in [-0.15, -0.1) is 0 Å². The van der Waals surface area contributed by atoms with Gasteiger partial charge in [0.15, 0.2) is 0 Å². The Labute approximate surface area is 355 Å². The number of benzene rings is 4. The lowest BCUT2D eigenvalue weighted by molar-refractivity contribution is -0.147. The van der Waals surface area contributed by atoms with E-state index in [1.807, 2.05) is 121 Å². The molecule has 2 amide bonds. The summed E-state index contributed by atoms with van der Waals surface area (Å²) >= 11 is 0. The van der Waals surface area contributed by atoms with Crippen LogP contribution in [0.4, 0.5) is 15.4 Å². The van der Waals surface area contributed by atoms with E-state index in [9.17, 15) is 18.9 Å². The van der Waals surface area contributed by atoms with Crippen LogP contribution >= 0.6 is 8.25 Å². The van der Waals surface area contributed by atoms with Crippen LogP contribution in [0.15, 0.2) is 139 Å². The maximum atomic E-state index is 13.2. The van der Waals surface area contributed by atoms with E-state index in [0.29, 0.717) is 32.2 Å². The Morgan fingerprint density at radius 2 is 1.26 bits per heavy atom. The van der Waals surface area contributed by atoms with Crippen LogP contribution in [0.3, 0.4) is 0 Å². The smallest absolute Gasteiger partial charge is 0.413 e. The van der Waals surface area contributed by atoms with Crippen molar-refractivity contribution in [3.63, 3.8) is 0 Å². The number of nitrogens with one attached hydrogen (secondary N) is 2. The van der Waals surface area contributed by atoms with Gasteiger partial charge in [0, 0.05) is 12.7 Å². The van der Waals surface area contributed by atoms with Crippen LogP contribution in [0, 0.1) is 0 Å². The van der Waals surface area contributed by atoms with Gasteiger partial charge in [0.2, 0.25) is 5.62 Å². The van der Waals surface area contributed by atoms with E-state index >= 15 is 0 Å². The molecule has 0 bridgehead atoms. The highest BCUT2D eigenvalue weighted by Crippen LogP contribution is 2.32. The van der Waals surface area contributed by atoms with E-state index in [2.05, 4.69) is 15.6 Å². The number of carbonyl (C=O) groups is 3. The zero-order valence-electron chi connectivity index (χ0n) is 33.6. The topological polar surface area (TPSA) is 178 Å². The summed E-state index contributed by atoms with van der Waals surface area (Å²) < 4.78 is 47.8. The summed E-state index contributed by atoms with van der Waals surface area (Å²) in [6, 6.07) is 37.9. The van der Waals surface area contributed by atoms with Gasteiger partial charge in [0.25, 0.3) is 0 Å². The van der Waals surface area contributed by atoms with Gasteiger partial charge in [0.1, 0.15) is 37.9 Å². The number of ether oxygens (including phenoxy) is 4. The van der Waals surface area contributed by atoms with Crippen LogP contribution in [0.25, 0.3) is 0 Å². The highest BCUT2D eigenvalue weighted by atomic mass is 31.1. The lowest BCUT2D eigenvalue weighted by atomic mass is 10.1. The normalized spacial score (nSPS) is 16.0. The molecule has 2 heterocycles. The monoisotopic (exact) mass is 851 g/mol. The first-order valence-corrected chi connectivity index (χ1v) is 21.3. The Kier molecular flexibility index (Phi) is 17.6. The van der Waals surface area contributed by atoms with Crippen LogP contribution in [0.5, 0.6) is 0 Å². The third kappa shape index (κ3) is 15.5. The summed E-state index contributed by atoms with van der Waals surface area (Å²) in [6.07, 6.45) is 1.97. The molecule has 4 aromatic carbocycles. The maximum Gasteiger partial charge on any atom is 0.413 e. The molecule has 16 heteroatoms. The molecular formula is C45H50N5O10P. The van der Waals surface area contributed by atoms with E-state index in [-0.39, 0.29) is 57.0 Å². The molecule has 1 saturated heterocycles. The second-order valence-electron chi connectivity index (χ2n) is 14.1. The Balaban J connectivity index is 1.07. The first-order valence-electron chi connectivity index (χ1n) is 20.1. The SMILES string of the molecule is O=C(Nc1ccn([C@H]2CC[C@@H](CO[PH](=O)OCc3ccccc3)O2)/c(=N/CCCC[C@H](NC(=O)OCc2ccccc2)C(=O)OCc2ccccc2)n1)OCc1ccccc1. The molecule has 1 fully saturated rings. The lowest BCUT2D eigenvalue weighted by Crippen LogP contribution is -2.42. The van der Waals surface area contributed by atoms with Gasteiger partial charge in [0.05, 0.1) is 19.3 Å². The van der Waals surface area contributed by atoms with E-state index in [1.165, 1.54) is 0 Å². The van der Waals surface area contributed by atoms with Gasteiger partial charge in [-0.3, -0.25) is 19.4 Å². The predicted molar refractivity (Wildman–Crippen MR) is 226 cm³/mol. The zero-order chi connectivity index (χ0) is 42.5. The molecule has 1 unspecified atom stereocenters. The number of anilines is 1. The van der Waals surface area contributed by atoms with Crippen molar-refractivity contribution >= 4 is 32.2 Å². The fourth-order valence-electron chi connectivity index (χ4n) is 6.25. The van der Waals surface area contributed by atoms with Gasteiger partial charge in [-0.2, -0.15) is 4.98 Å². The van der Waals surface area contributed by atoms with Crippen molar-refractivity contribution in [2.45, 2.75) is 76.9 Å². The molecule has 1 aromatic heterocycles. The zero-order valence-corrected chi connectivity index (χ0v) is 34.6. The van der Waals surface area contributed by atoms with Crippen LogP contribution in [-0.2, 0) is 63.8 Å². The van der Waals surface area contributed by atoms with Crippen LogP contribution in [0.1, 0.15) is 60.6 Å². The third-order valence-corrected chi connectivity index (χ3v) is 10.2. The standard InChI is InChI=1S/C45H50N5O10P/c51-42(55-29-34-15-5-1-6-16-34)39(47-44(52)56-30-35-17-7-2-8-18-35)23-13-14-27-46-43-48-40(49-45(53)57-31-36-19-9-3-10-20-36)26-28-50(43)41-25-24-38(60-41)33-59-61(54)58-32-37-21-11-4-12-22-37/h1-12,15-22,26,28,38-39,41,61H,13-14,23-25,27,29-33H2,(H,47,52)(H,46,48,49,53)/t38-,39-,41+/m0/s1. The molecule has 0 radical (unpaired) electrons. The minimum absolute atomic E-state index is 0.0467. The molecule has 15 nitrogen and oxygen atoms in total. The molecule has 5 aromatic rings. The minimum atomic E-state index is -2.75. The molecule has 1 aliphatic rings. The number of nitrogens with zero attached hydrogens (tertiary/aromatic N) is 3. The number of unbranched alkanes of at least 4 members (excludes halogenated alkanes) is 1. The third-order valence-electron chi connectivity index (χ3n) is 9.44. The average molecular weight is 852 g/mol. The highest BCUT2D eigenvalue weighted by molar-refractivity contribution is 7.33. The quantitative estimate of drug-likeness (QED) is 0.0316. The van der Waals surface area contributed by atoms with Gasteiger partial charge in [-0.1, -0.05) is 121 Å². The van der Waals surface area contributed by atoms with Crippen molar-refractivity contribution in [3.8, 4) is 0 Å². The Morgan fingerprint density at radius 1 is 0.705 bits per heavy atom. The molecule has 0 spiro atoms. The molecule has 6 rings (SSSR count). The van der Waals surface area contributed by atoms with E-state index in [1.54, 1.807) is 16.8 Å². The van der Waals surface area contributed by atoms with Gasteiger partial charge >= 0.3 is 26.4 Å². The van der Waals surface area contributed by atoms with Gasteiger partial charge in [-0.05, 0) is 60.4 Å². The van der Waals surface area contributed by atoms with E-state index in [0.717, 1.165) is 22.3 Å². The molecular weight excluding hydrogens is 801 g/mol. The molecule has 320 valence electrons. The summed E-state index contributed by atoms with van der Waals surface area (Å²) in [5, 5.41) is 5.35. The van der Waals surface area contributed by atoms with E-state index in [4.69, 9.17) is 33.0 Å². The summed E-state index contributed by atoms with van der Waals surface area (Å²) in [5.74, 6) is -0.362. The van der Waals surface area contributed by atoms with Crippen LogP contribution in [-0.4, -0.2) is 53.0 Å². The van der Waals surface area contributed by atoms with Crippen LogP contribution < -0.4 is 16.3 Å². The molecule has 4 atom stereocenters. The second kappa shape index (κ2) is 24.2. The molecule has 0 saturated carbocycles. The van der Waals surface area contributed by atoms with Crippen molar-refractivity contribution in [3.05, 3.63) is 161 Å². The second-order valence-corrected chi connectivity index (χ2v) is 15.1. The average Bonchev–Trinajstić information content (AvgIpc) is 3.78. The Hall–Kier alpha value is -6.12. The number of carbonyl (C=O) groups excluding carboxylic acids is 3. The number of alkyl carbamates (subject to hydrolysis) is 1. The van der Waals surface area contributed by atoms with Crippen molar-refractivity contribution in [2.24, 2.45) is 4.99 Å². The molecule has 2 N–H and O–H groups in total. The van der Waals surface area contributed by atoms with Gasteiger partial charge < -0.3 is 33.3 Å². The first-order chi connectivity index (χ1) is 29.9. The first kappa shape index (κ1) is 44.4. The lowest BCUT2D eigenvalue weighted by Gasteiger charge is -2.18. The number of aromatic nitrogens is 2. The highest BCUT2D eigenvalue weighted by Gasteiger charge is 2.28. The largest absolute Gasteiger partial charge is 0.459 e. The van der Waals surface area contributed by atoms with Crippen LogP contribution in [0.2, 0.25) is 0 Å². The van der Waals surface area contributed by atoms with Crippen molar-refractivity contribution < 1.29 is 46.9 Å². The van der Waals surface area contributed by atoms with Crippen molar-refractivity contribution in [2.75, 3.05) is 18.5 Å². The summed E-state index contributed by atoms with van der Waals surface area (Å²) in [5.41, 5.74) is 3.64. The van der Waals surface area contributed by atoms with Crippen molar-refractivity contribution in [1.82, 2.24) is 14.9 Å². The fraction of sp³-hybridized carbons (Fsp3) is 0.311. The predicted octanol–water partition coefficient (Wildman–Crippen LogP) is 8.04. The number of hydrogen-bond donors (Lipinski definition) is 2. The summed E-state index contributed by atoms with van der Waals surface area (Å²) in [4.78, 5) is 48.1. The maximum absolute atomic E-state index is 13.2. The van der Waals surface area contributed by atoms with Crippen molar-refractivity contribution in [1.29, 1.82) is 0 Å². The Bertz CT molecular complexity index is 2220.